The summed E-state index contributed by atoms with van der Waals surface area (Å²) in [6.07, 6.45) is 5.84. The summed E-state index contributed by atoms with van der Waals surface area (Å²) in [6, 6.07) is 9.56. The number of fused-ring (bicyclic) bond motifs is 2. The lowest BCUT2D eigenvalue weighted by atomic mass is 9.91. The third-order valence-corrected chi connectivity index (χ3v) is 6.94. The highest BCUT2D eigenvalue weighted by atomic mass is 32.2. The van der Waals surface area contributed by atoms with E-state index in [0.29, 0.717) is 13.2 Å². The molecule has 128 valence electrons. The van der Waals surface area contributed by atoms with E-state index in [-0.39, 0.29) is 17.9 Å². The smallest absolute Gasteiger partial charge is 0.218 e. The predicted molar refractivity (Wildman–Crippen MR) is 93.1 cm³/mol. The van der Waals surface area contributed by atoms with Gasteiger partial charge in [0, 0.05) is 18.1 Å². The van der Waals surface area contributed by atoms with Crippen LogP contribution in [0.15, 0.2) is 36.5 Å². The lowest BCUT2D eigenvalue weighted by Gasteiger charge is -2.42. The molecular weight excluding hydrogens is 324 g/mol. The fourth-order valence-electron chi connectivity index (χ4n) is 3.97. The minimum Gasteiger partial charge on any atom is -0.375 e. The fraction of sp³-hybridized carbons (Fsp3) is 0.500. The van der Waals surface area contributed by atoms with Gasteiger partial charge in [-0.25, -0.2) is 8.42 Å². The summed E-state index contributed by atoms with van der Waals surface area (Å²) in [5, 5.41) is 0.975. The Bertz CT molecular complexity index is 830. The molecule has 1 aliphatic heterocycles. The van der Waals surface area contributed by atoms with E-state index in [1.807, 2.05) is 30.3 Å². The number of ether oxygens (including phenoxy) is 1. The van der Waals surface area contributed by atoms with E-state index >= 15 is 0 Å². The molecule has 0 N–H and O–H groups in total. The molecule has 2 aliphatic rings. The largest absolute Gasteiger partial charge is 0.375 e. The van der Waals surface area contributed by atoms with Crippen molar-refractivity contribution in [3.8, 4) is 0 Å². The van der Waals surface area contributed by atoms with Crippen LogP contribution in [-0.2, 0) is 20.5 Å². The van der Waals surface area contributed by atoms with Crippen LogP contribution in [0, 0.1) is 0 Å². The van der Waals surface area contributed by atoms with Crippen LogP contribution >= 0.6 is 0 Å². The molecule has 2 heterocycles. The van der Waals surface area contributed by atoms with Crippen molar-refractivity contribution in [2.24, 2.45) is 0 Å². The van der Waals surface area contributed by atoms with Gasteiger partial charge in [0.1, 0.15) is 0 Å². The van der Waals surface area contributed by atoms with Gasteiger partial charge in [-0.1, -0.05) is 37.1 Å². The van der Waals surface area contributed by atoms with Crippen LogP contribution in [0.25, 0.3) is 10.9 Å². The number of pyridine rings is 1. The van der Waals surface area contributed by atoms with Gasteiger partial charge in [0.15, 0.2) is 0 Å². The monoisotopic (exact) mass is 346 g/mol. The molecule has 1 aliphatic carbocycles. The zero-order valence-corrected chi connectivity index (χ0v) is 14.4. The summed E-state index contributed by atoms with van der Waals surface area (Å²) in [6.45, 7) is 0.954. The van der Waals surface area contributed by atoms with E-state index in [1.165, 1.54) is 0 Å². The summed E-state index contributed by atoms with van der Waals surface area (Å²) in [7, 11) is -3.38. The maximum atomic E-state index is 13.1. The van der Waals surface area contributed by atoms with E-state index in [4.69, 9.17) is 4.74 Å². The summed E-state index contributed by atoms with van der Waals surface area (Å²) in [4.78, 5) is 4.38. The first-order valence-corrected chi connectivity index (χ1v) is 10.2. The van der Waals surface area contributed by atoms with Gasteiger partial charge in [0.2, 0.25) is 10.0 Å². The average molecular weight is 346 g/mol. The first-order valence-electron chi connectivity index (χ1n) is 8.59. The molecule has 4 rings (SSSR count). The van der Waals surface area contributed by atoms with Crippen LogP contribution in [0.5, 0.6) is 0 Å². The van der Waals surface area contributed by atoms with Crippen LogP contribution in [0.2, 0.25) is 0 Å². The molecule has 0 unspecified atom stereocenters. The Morgan fingerprint density at radius 2 is 2.00 bits per heavy atom. The third kappa shape index (κ3) is 2.94. The second-order valence-corrected chi connectivity index (χ2v) is 8.54. The molecule has 2 atom stereocenters. The number of rotatable bonds is 3. The quantitative estimate of drug-likeness (QED) is 0.857. The second kappa shape index (κ2) is 6.43. The summed E-state index contributed by atoms with van der Waals surface area (Å²) >= 11 is 0. The zero-order chi connectivity index (χ0) is 16.6. The van der Waals surface area contributed by atoms with Crippen molar-refractivity contribution in [2.45, 2.75) is 43.6 Å². The predicted octanol–water partition coefficient (Wildman–Crippen LogP) is 2.71. The van der Waals surface area contributed by atoms with Crippen LogP contribution in [-0.4, -0.2) is 43.0 Å². The minimum atomic E-state index is -3.38. The number of sulfonamides is 1. The molecule has 1 saturated heterocycles. The molecular formula is C18H22N2O3S. The molecule has 1 saturated carbocycles. The Morgan fingerprint density at radius 1 is 1.17 bits per heavy atom. The number of morpholine rings is 1. The lowest BCUT2D eigenvalue weighted by molar-refractivity contribution is -0.0586. The molecule has 6 heteroatoms. The Kier molecular flexibility index (Phi) is 4.28. The van der Waals surface area contributed by atoms with Crippen molar-refractivity contribution >= 4 is 20.9 Å². The number of aromatic nitrogens is 1. The number of hydrogen-bond acceptors (Lipinski definition) is 4. The maximum Gasteiger partial charge on any atom is 0.218 e. The molecule has 0 amide bonds. The Morgan fingerprint density at radius 3 is 2.92 bits per heavy atom. The van der Waals surface area contributed by atoms with Crippen molar-refractivity contribution in [2.75, 3.05) is 13.2 Å². The van der Waals surface area contributed by atoms with Gasteiger partial charge < -0.3 is 4.74 Å². The standard InChI is InChI=1S/C18H22N2O3S/c21-24(22,20-11-12-23-17-9-2-1-8-16(17)20)13-15-6-3-5-14-7-4-10-19-18(14)15/h3-7,10,16-17H,1-2,8-9,11-13H2/t16-,17-/m0/s1. The zero-order valence-electron chi connectivity index (χ0n) is 13.6. The first-order chi connectivity index (χ1) is 11.6. The van der Waals surface area contributed by atoms with Crippen molar-refractivity contribution < 1.29 is 13.2 Å². The highest BCUT2D eigenvalue weighted by molar-refractivity contribution is 7.88. The Balaban J connectivity index is 1.65. The van der Waals surface area contributed by atoms with Crippen molar-refractivity contribution in [3.63, 3.8) is 0 Å². The van der Waals surface area contributed by atoms with Gasteiger partial charge in [-0.2, -0.15) is 4.31 Å². The van der Waals surface area contributed by atoms with Gasteiger partial charge in [-0.3, -0.25) is 4.98 Å². The molecule has 0 spiro atoms. The number of hydrogen-bond donors (Lipinski definition) is 0. The summed E-state index contributed by atoms with van der Waals surface area (Å²) in [5.74, 6) is 0.00454. The normalized spacial score (nSPS) is 25.5. The fourth-order valence-corrected chi connectivity index (χ4v) is 5.77. The van der Waals surface area contributed by atoms with Crippen LogP contribution in [0.3, 0.4) is 0 Å². The molecule has 2 aromatic rings. The molecule has 0 radical (unpaired) electrons. The second-order valence-electron chi connectivity index (χ2n) is 6.62. The van der Waals surface area contributed by atoms with Crippen molar-refractivity contribution in [3.05, 3.63) is 42.1 Å². The third-order valence-electron chi connectivity index (χ3n) is 5.09. The minimum absolute atomic E-state index is 0.000403. The molecule has 24 heavy (non-hydrogen) atoms. The number of benzene rings is 1. The highest BCUT2D eigenvalue weighted by Gasteiger charge is 2.40. The molecule has 1 aromatic heterocycles. The van der Waals surface area contributed by atoms with E-state index in [0.717, 1.165) is 42.1 Å². The van der Waals surface area contributed by atoms with E-state index in [9.17, 15) is 8.42 Å². The number of para-hydroxylation sites is 1. The summed E-state index contributed by atoms with van der Waals surface area (Å²) < 4.78 is 33.7. The Hall–Kier alpha value is -1.50. The molecule has 2 fully saturated rings. The topological polar surface area (TPSA) is 59.5 Å². The average Bonchev–Trinajstić information content (AvgIpc) is 2.61. The van der Waals surface area contributed by atoms with E-state index < -0.39 is 10.0 Å². The SMILES string of the molecule is O=S(=O)(Cc1cccc2cccnc12)N1CCO[C@H]2CCCC[C@@H]21. The first kappa shape index (κ1) is 16.0. The van der Waals surface area contributed by atoms with Gasteiger partial charge in [-0.15, -0.1) is 0 Å². The highest BCUT2D eigenvalue weighted by Crippen LogP contribution is 2.31. The van der Waals surface area contributed by atoms with Crippen molar-refractivity contribution in [1.82, 2.24) is 9.29 Å². The maximum absolute atomic E-state index is 13.1. The molecule has 1 aromatic carbocycles. The van der Waals surface area contributed by atoms with Gasteiger partial charge in [0.25, 0.3) is 0 Å². The van der Waals surface area contributed by atoms with E-state index in [2.05, 4.69) is 4.98 Å². The van der Waals surface area contributed by atoms with Gasteiger partial charge in [0.05, 0.1) is 30.0 Å². The lowest BCUT2D eigenvalue weighted by Crippen LogP contribution is -2.54. The molecule has 5 nitrogen and oxygen atoms in total. The summed E-state index contributed by atoms with van der Waals surface area (Å²) in [5.41, 5.74) is 1.55. The molecule has 0 bridgehead atoms. The van der Waals surface area contributed by atoms with Crippen LogP contribution in [0.4, 0.5) is 0 Å². The van der Waals surface area contributed by atoms with Crippen LogP contribution in [0.1, 0.15) is 31.2 Å². The van der Waals surface area contributed by atoms with Gasteiger partial charge in [-0.05, 0) is 24.5 Å². The van der Waals surface area contributed by atoms with Crippen molar-refractivity contribution in [1.29, 1.82) is 0 Å². The van der Waals surface area contributed by atoms with Crippen LogP contribution < -0.4 is 0 Å². The Labute approximate surface area is 142 Å². The van der Waals surface area contributed by atoms with E-state index in [1.54, 1.807) is 10.5 Å². The van der Waals surface area contributed by atoms with Gasteiger partial charge >= 0.3 is 0 Å². The number of nitrogens with zero attached hydrogens (tertiary/aromatic N) is 2.